The number of hydrogen-bond donors (Lipinski definition) is 0. The number of ketones is 1. The van der Waals surface area contributed by atoms with Crippen molar-refractivity contribution in [2.45, 2.75) is 49.0 Å². The Hall–Kier alpha value is -1.66. The highest BCUT2D eigenvalue weighted by atomic mass is 79.9. The first-order chi connectivity index (χ1) is 13.0. The van der Waals surface area contributed by atoms with Gasteiger partial charge in [-0.3, -0.25) is 14.9 Å². The number of carbonyl (C=O) groups excluding carboxylic acids is 1. The summed E-state index contributed by atoms with van der Waals surface area (Å²) in [6, 6.07) is 14.1. The highest BCUT2D eigenvalue weighted by molar-refractivity contribution is 9.10. The van der Waals surface area contributed by atoms with E-state index >= 15 is 0 Å². The highest BCUT2D eigenvalue weighted by Crippen LogP contribution is 2.41. The lowest BCUT2D eigenvalue weighted by Crippen LogP contribution is -2.13. The quantitative estimate of drug-likeness (QED) is 0.267. The summed E-state index contributed by atoms with van der Waals surface area (Å²) >= 11 is 5.26. The number of halogens is 1. The number of Topliss-reactive ketones (excluding diaryl/α,β-unsaturated/α-hetero) is 1. The molecule has 1 unspecified atom stereocenters. The van der Waals surface area contributed by atoms with Crippen molar-refractivity contribution in [3.8, 4) is 0 Å². The number of hydrogen-bond acceptors (Lipinski definition) is 4. The van der Waals surface area contributed by atoms with Crippen LogP contribution in [0, 0.1) is 10.1 Å². The van der Waals surface area contributed by atoms with Crippen LogP contribution in [0.5, 0.6) is 0 Å². The summed E-state index contributed by atoms with van der Waals surface area (Å²) < 4.78 is 0.947. The molecule has 3 rings (SSSR count). The molecule has 0 N–H and O–H groups in total. The van der Waals surface area contributed by atoms with E-state index in [1.165, 1.54) is 44.2 Å². The minimum atomic E-state index is -0.389. The molecule has 6 heteroatoms. The molecular formula is C21H22BrNO3S. The predicted octanol–water partition coefficient (Wildman–Crippen LogP) is 6.74. The summed E-state index contributed by atoms with van der Waals surface area (Å²) in [5.74, 6) is 0.106. The second-order valence-corrected chi connectivity index (χ2v) is 9.29. The standard InChI is InChI=1S/C21H22BrNO3S/c22-17-10-6-15(7-11-17)20(24)14-21(27-19-4-2-1-3-5-19)16-8-12-18(13-9-16)23(25)26/h6-13,19,21H,1-5,14H2. The van der Waals surface area contributed by atoms with Crippen LogP contribution in [0.2, 0.25) is 0 Å². The van der Waals surface area contributed by atoms with Gasteiger partial charge < -0.3 is 0 Å². The van der Waals surface area contributed by atoms with Crippen molar-refractivity contribution in [1.82, 2.24) is 0 Å². The monoisotopic (exact) mass is 447 g/mol. The molecule has 27 heavy (non-hydrogen) atoms. The molecule has 2 aromatic carbocycles. The summed E-state index contributed by atoms with van der Waals surface area (Å²) in [6.07, 6.45) is 6.54. The summed E-state index contributed by atoms with van der Waals surface area (Å²) in [5.41, 5.74) is 1.77. The zero-order valence-corrected chi connectivity index (χ0v) is 17.4. The fourth-order valence-corrected chi connectivity index (χ4v) is 5.31. The van der Waals surface area contributed by atoms with Crippen LogP contribution in [0.1, 0.15) is 59.7 Å². The van der Waals surface area contributed by atoms with Gasteiger partial charge in [0.05, 0.1) is 4.92 Å². The molecule has 1 aliphatic carbocycles. The molecule has 1 aliphatic rings. The molecule has 0 spiro atoms. The Balaban J connectivity index is 1.78. The number of nitro groups is 1. The Morgan fingerprint density at radius 3 is 2.30 bits per heavy atom. The van der Waals surface area contributed by atoms with Crippen LogP contribution >= 0.6 is 27.7 Å². The Kier molecular flexibility index (Phi) is 7.07. The molecule has 0 bridgehead atoms. The summed E-state index contributed by atoms with van der Waals surface area (Å²) in [5, 5.41) is 11.5. The second-order valence-electron chi connectivity index (χ2n) is 6.87. The van der Waals surface area contributed by atoms with E-state index in [0.717, 1.165) is 10.0 Å². The lowest BCUT2D eigenvalue weighted by Gasteiger charge is -2.26. The van der Waals surface area contributed by atoms with Gasteiger partial charge >= 0.3 is 0 Å². The van der Waals surface area contributed by atoms with Gasteiger partial charge in [-0.05, 0) is 30.5 Å². The molecule has 0 heterocycles. The van der Waals surface area contributed by atoms with Crippen molar-refractivity contribution in [1.29, 1.82) is 0 Å². The zero-order valence-electron chi connectivity index (χ0n) is 15.0. The molecule has 0 amide bonds. The third-order valence-electron chi connectivity index (χ3n) is 4.92. The molecule has 0 saturated heterocycles. The molecule has 1 fully saturated rings. The van der Waals surface area contributed by atoms with Gasteiger partial charge in [0.2, 0.25) is 0 Å². The topological polar surface area (TPSA) is 60.2 Å². The second kappa shape index (κ2) is 9.51. The number of carbonyl (C=O) groups is 1. The average molecular weight is 448 g/mol. The summed E-state index contributed by atoms with van der Waals surface area (Å²) in [6.45, 7) is 0. The SMILES string of the molecule is O=C(CC(SC1CCCCC1)c1ccc([N+](=O)[O-])cc1)c1ccc(Br)cc1. The molecule has 0 aliphatic heterocycles. The summed E-state index contributed by atoms with van der Waals surface area (Å²) in [4.78, 5) is 23.4. The Morgan fingerprint density at radius 2 is 1.70 bits per heavy atom. The van der Waals surface area contributed by atoms with Crippen molar-refractivity contribution in [3.63, 3.8) is 0 Å². The van der Waals surface area contributed by atoms with Gasteiger partial charge in [0.1, 0.15) is 0 Å². The van der Waals surface area contributed by atoms with E-state index in [1.807, 2.05) is 36.0 Å². The van der Waals surface area contributed by atoms with E-state index in [4.69, 9.17) is 0 Å². The van der Waals surface area contributed by atoms with Crippen LogP contribution in [0.3, 0.4) is 0 Å². The van der Waals surface area contributed by atoms with E-state index in [9.17, 15) is 14.9 Å². The van der Waals surface area contributed by atoms with Crippen molar-refractivity contribution in [2.24, 2.45) is 0 Å². The van der Waals surface area contributed by atoms with E-state index in [2.05, 4.69) is 15.9 Å². The first-order valence-electron chi connectivity index (χ1n) is 9.21. The molecule has 1 atom stereocenters. The minimum absolute atomic E-state index is 0.0186. The molecular weight excluding hydrogens is 426 g/mol. The predicted molar refractivity (Wildman–Crippen MR) is 113 cm³/mol. The molecule has 0 radical (unpaired) electrons. The fraction of sp³-hybridized carbons (Fsp3) is 0.381. The van der Waals surface area contributed by atoms with Crippen LogP contribution in [0.4, 0.5) is 5.69 Å². The van der Waals surface area contributed by atoms with Gasteiger partial charge in [0.25, 0.3) is 5.69 Å². The highest BCUT2D eigenvalue weighted by Gasteiger charge is 2.24. The van der Waals surface area contributed by atoms with E-state index < -0.39 is 0 Å². The van der Waals surface area contributed by atoms with Crippen LogP contribution in [-0.4, -0.2) is 16.0 Å². The van der Waals surface area contributed by atoms with Crippen molar-refractivity contribution < 1.29 is 9.72 Å². The average Bonchev–Trinajstić information content (AvgIpc) is 2.69. The van der Waals surface area contributed by atoms with Gasteiger partial charge in [-0.2, -0.15) is 0 Å². The molecule has 0 aromatic heterocycles. The van der Waals surface area contributed by atoms with Crippen molar-refractivity contribution >= 4 is 39.2 Å². The number of nitro benzene ring substituents is 1. The van der Waals surface area contributed by atoms with E-state index in [0.29, 0.717) is 17.2 Å². The third-order valence-corrected chi connectivity index (χ3v) is 7.07. The maximum absolute atomic E-state index is 12.8. The van der Waals surface area contributed by atoms with Crippen LogP contribution in [0.15, 0.2) is 53.0 Å². The van der Waals surface area contributed by atoms with E-state index in [-0.39, 0.29) is 21.6 Å². The number of benzene rings is 2. The van der Waals surface area contributed by atoms with Crippen molar-refractivity contribution in [3.05, 3.63) is 74.2 Å². The van der Waals surface area contributed by atoms with Gasteiger partial charge in [-0.15, -0.1) is 11.8 Å². The maximum Gasteiger partial charge on any atom is 0.269 e. The van der Waals surface area contributed by atoms with Crippen LogP contribution in [-0.2, 0) is 0 Å². The lowest BCUT2D eigenvalue weighted by atomic mass is 10.0. The Bertz CT molecular complexity index is 786. The fourth-order valence-electron chi connectivity index (χ4n) is 3.41. The van der Waals surface area contributed by atoms with Gasteiger partial charge in [0.15, 0.2) is 5.78 Å². The number of nitrogens with zero attached hydrogens (tertiary/aromatic N) is 1. The third kappa shape index (κ3) is 5.66. The normalized spacial score (nSPS) is 16.0. The largest absolute Gasteiger partial charge is 0.294 e. The molecule has 142 valence electrons. The Labute approximate surface area is 172 Å². The number of rotatable bonds is 7. The minimum Gasteiger partial charge on any atom is -0.294 e. The lowest BCUT2D eigenvalue weighted by molar-refractivity contribution is -0.384. The molecule has 1 saturated carbocycles. The van der Waals surface area contributed by atoms with E-state index in [1.54, 1.807) is 12.1 Å². The summed E-state index contributed by atoms with van der Waals surface area (Å²) in [7, 11) is 0. The van der Waals surface area contributed by atoms with Crippen molar-refractivity contribution in [2.75, 3.05) is 0 Å². The number of thioether (sulfide) groups is 1. The van der Waals surface area contributed by atoms with Gasteiger partial charge in [-0.1, -0.05) is 59.5 Å². The first kappa shape index (κ1) is 20.1. The maximum atomic E-state index is 12.8. The molecule has 2 aromatic rings. The van der Waals surface area contributed by atoms with Gasteiger partial charge in [0, 0.05) is 39.1 Å². The zero-order chi connectivity index (χ0) is 19.2. The Morgan fingerprint density at radius 1 is 1.07 bits per heavy atom. The van der Waals surface area contributed by atoms with Gasteiger partial charge in [-0.25, -0.2) is 0 Å². The molecule has 4 nitrogen and oxygen atoms in total. The smallest absolute Gasteiger partial charge is 0.269 e. The number of non-ortho nitro benzene ring substituents is 1. The van der Waals surface area contributed by atoms with Crippen LogP contribution < -0.4 is 0 Å². The van der Waals surface area contributed by atoms with Crippen LogP contribution in [0.25, 0.3) is 0 Å². The first-order valence-corrected chi connectivity index (χ1v) is 10.9.